The first-order chi connectivity index (χ1) is 9.67. The first-order valence-electron chi connectivity index (χ1n) is 7.47. The first-order valence-corrected chi connectivity index (χ1v) is 7.47. The lowest BCUT2D eigenvalue weighted by Gasteiger charge is -2.13. The summed E-state index contributed by atoms with van der Waals surface area (Å²) >= 11 is 0. The molecule has 1 atom stereocenters. The third kappa shape index (κ3) is 5.21. The fraction of sp³-hybridized carbons (Fsp3) is 0.562. The molecule has 1 unspecified atom stereocenters. The number of benzene rings is 1. The fourth-order valence-electron chi connectivity index (χ4n) is 1.86. The van der Waals surface area contributed by atoms with Crippen LogP contribution in [0.25, 0.3) is 0 Å². The lowest BCUT2D eigenvalue weighted by Crippen LogP contribution is -2.23. The molecule has 0 radical (unpaired) electrons. The number of hydrogen-bond donors (Lipinski definition) is 2. The molecule has 1 aliphatic rings. The van der Waals surface area contributed by atoms with Crippen molar-refractivity contribution in [2.24, 2.45) is 0 Å². The minimum Gasteiger partial charge on any atom is -0.491 e. The highest BCUT2D eigenvalue weighted by atomic mass is 16.5. The number of amides is 1. The van der Waals surface area contributed by atoms with E-state index < -0.39 is 0 Å². The van der Waals surface area contributed by atoms with Gasteiger partial charge < -0.3 is 15.4 Å². The van der Waals surface area contributed by atoms with Gasteiger partial charge in [0.1, 0.15) is 5.75 Å². The predicted molar refractivity (Wildman–Crippen MR) is 81.1 cm³/mol. The molecule has 0 bridgehead atoms. The number of nitrogens with one attached hydrogen (secondary N) is 2. The van der Waals surface area contributed by atoms with Crippen LogP contribution in [0, 0.1) is 0 Å². The van der Waals surface area contributed by atoms with Gasteiger partial charge in [0.25, 0.3) is 0 Å². The van der Waals surface area contributed by atoms with Gasteiger partial charge in [0, 0.05) is 30.8 Å². The van der Waals surface area contributed by atoms with Crippen LogP contribution in [-0.4, -0.2) is 24.6 Å². The second-order valence-corrected chi connectivity index (χ2v) is 5.39. The van der Waals surface area contributed by atoms with E-state index in [4.69, 9.17) is 4.74 Å². The Morgan fingerprint density at radius 2 is 2.25 bits per heavy atom. The summed E-state index contributed by atoms with van der Waals surface area (Å²) in [7, 11) is 0. The monoisotopic (exact) mass is 276 g/mol. The van der Waals surface area contributed by atoms with Crippen molar-refractivity contribution in [2.45, 2.75) is 51.7 Å². The number of anilines is 1. The maximum Gasteiger partial charge on any atom is 0.225 e. The quantitative estimate of drug-likeness (QED) is 0.767. The van der Waals surface area contributed by atoms with Gasteiger partial charge in [0.2, 0.25) is 5.91 Å². The summed E-state index contributed by atoms with van der Waals surface area (Å²) in [6.45, 7) is 4.87. The van der Waals surface area contributed by atoms with Gasteiger partial charge in [-0.05, 0) is 38.3 Å². The third-order valence-electron chi connectivity index (χ3n) is 3.39. The van der Waals surface area contributed by atoms with Gasteiger partial charge in [-0.15, -0.1) is 0 Å². The average molecular weight is 276 g/mol. The zero-order chi connectivity index (χ0) is 14.4. The molecule has 0 heterocycles. The highest BCUT2D eigenvalue weighted by Gasteiger charge is 2.20. The molecule has 1 amide bonds. The molecule has 1 fully saturated rings. The minimum atomic E-state index is 0.0406. The number of carbonyl (C=O) groups excluding carboxylic acids is 1. The van der Waals surface area contributed by atoms with Crippen LogP contribution in [0.5, 0.6) is 5.75 Å². The Morgan fingerprint density at radius 3 is 2.95 bits per heavy atom. The van der Waals surface area contributed by atoms with E-state index >= 15 is 0 Å². The van der Waals surface area contributed by atoms with Crippen LogP contribution in [0.3, 0.4) is 0 Å². The van der Waals surface area contributed by atoms with E-state index in [1.54, 1.807) is 0 Å². The van der Waals surface area contributed by atoms with Gasteiger partial charge in [0.05, 0.1) is 6.10 Å². The van der Waals surface area contributed by atoms with Crippen LogP contribution in [0.2, 0.25) is 0 Å². The molecule has 0 saturated heterocycles. The molecule has 4 nitrogen and oxygen atoms in total. The van der Waals surface area contributed by atoms with E-state index in [1.165, 1.54) is 12.8 Å². The van der Waals surface area contributed by atoms with Crippen LogP contribution in [0.4, 0.5) is 5.69 Å². The van der Waals surface area contributed by atoms with Gasteiger partial charge in [0.15, 0.2) is 0 Å². The van der Waals surface area contributed by atoms with Crippen LogP contribution >= 0.6 is 0 Å². The van der Waals surface area contributed by atoms with Gasteiger partial charge in [-0.25, -0.2) is 0 Å². The Labute approximate surface area is 120 Å². The number of rotatable bonds is 8. The second-order valence-electron chi connectivity index (χ2n) is 5.39. The van der Waals surface area contributed by atoms with E-state index in [9.17, 15) is 4.79 Å². The Morgan fingerprint density at radius 1 is 1.45 bits per heavy atom. The first kappa shape index (κ1) is 14.9. The summed E-state index contributed by atoms with van der Waals surface area (Å²) in [6, 6.07) is 8.22. The summed E-state index contributed by atoms with van der Waals surface area (Å²) in [5, 5.41) is 6.24. The standard InChI is InChI=1S/C16H24N2O2/c1-3-12(2)20-15-6-4-5-14(11-15)18-16(19)9-10-17-13-7-8-13/h4-6,11-13,17H,3,7-10H2,1-2H3,(H,18,19). The van der Waals surface area contributed by atoms with Crippen LogP contribution in [0.1, 0.15) is 39.5 Å². The zero-order valence-corrected chi connectivity index (χ0v) is 12.3. The predicted octanol–water partition coefficient (Wildman–Crippen LogP) is 2.94. The Bertz CT molecular complexity index is 444. The van der Waals surface area contributed by atoms with E-state index in [0.717, 1.165) is 24.4 Å². The zero-order valence-electron chi connectivity index (χ0n) is 12.3. The second kappa shape index (κ2) is 7.29. The van der Waals surface area contributed by atoms with Crippen LogP contribution < -0.4 is 15.4 Å². The Balaban J connectivity index is 1.78. The topological polar surface area (TPSA) is 50.4 Å². The van der Waals surface area contributed by atoms with Crippen molar-refractivity contribution in [2.75, 3.05) is 11.9 Å². The minimum absolute atomic E-state index is 0.0406. The molecular formula is C16H24N2O2. The Hall–Kier alpha value is -1.55. The fourth-order valence-corrected chi connectivity index (χ4v) is 1.86. The molecule has 1 aromatic rings. The number of ether oxygens (including phenoxy) is 1. The van der Waals surface area contributed by atoms with Crippen LogP contribution in [0.15, 0.2) is 24.3 Å². The van der Waals surface area contributed by atoms with Crippen molar-refractivity contribution in [1.29, 1.82) is 0 Å². The third-order valence-corrected chi connectivity index (χ3v) is 3.39. The summed E-state index contributed by atoms with van der Waals surface area (Å²) in [5.41, 5.74) is 0.794. The maximum absolute atomic E-state index is 11.8. The average Bonchev–Trinajstić information content (AvgIpc) is 3.23. The van der Waals surface area contributed by atoms with Crippen molar-refractivity contribution in [1.82, 2.24) is 5.32 Å². The molecule has 0 aromatic heterocycles. The summed E-state index contributed by atoms with van der Waals surface area (Å²) in [6.07, 6.45) is 4.15. The molecule has 2 rings (SSSR count). The van der Waals surface area contributed by atoms with Gasteiger partial charge >= 0.3 is 0 Å². The molecule has 110 valence electrons. The van der Waals surface area contributed by atoms with E-state index in [1.807, 2.05) is 31.2 Å². The van der Waals surface area contributed by atoms with Crippen molar-refractivity contribution < 1.29 is 9.53 Å². The summed E-state index contributed by atoms with van der Waals surface area (Å²) in [4.78, 5) is 11.8. The van der Waals surface area contributed by atoms with Gasteiger partial charge in [-0.1, -0.05) is 13.0 Å². The lowest BCUT2D eigenvalue weighted by atomic mass is 10.2. The van der Waals surface area contributed by atoms with Crippen molar-refractivity contribution in [3.63, 3.8) is 0 Å². The van der Waals surface area contributed by atoms with Gasteiger partial charge in [-0.2, -0.15) is 0 Å². The molecule has 2 N–H and O–H groups in total. The van der Waals surface area contributed by atoms with E-state index in [0.29, 0.717) is 12.5 Å². The Kier molecular flexibility index (Phi) is 5.41. The largest absolute Gasteiger partial charge is 0.491 e. The molecule has 1 aromatic carbocycles. The normalized spacial score (nSPS) is 15.7. The number of carbonyl (C=O) groups is 1. The highest BCUT2D eigenvalue weighted by molar-refractivity contribution is 5.91. The van der Waals surface area contributed by atoms with Crippen molar-refractivity contribution in [3.8, 4) is 5.75 Å². The SMILES string of the molecule is CCC(C)Oc1cccc(NC(=O)CCNC2CC2)c1. The highest BCUT2D eigenvalue weighted by Crippen LogP contribution is 2.20. The molecule has 1 saturated carbocycles. The van der Waals surface area contributed by atoms with Crippen molar-refractivity contribution >= 4 is 11.6 Å². The molecule has 0 aliphatic heterocycles. The molecular weight excluding hydrogens is 252 g/mol. The summed E-state index contributed by atoms with van der Waals surface area (Å²) in [5.74, 6) is 0.840. The molecule has 20 heavy (non-hydrogen) atoms. The number of hydrogen-bond acceptors (Lipinski definition) is 3. The molecule has 4 heteroatoms. The van der Waals surface area contributed by atoms with Crippen molar-refractivity contribution in [3.05, 3.63) is 24.3 Å². The lowest BCUT2D eigenvalue weighted by molar-refractivity contribution is -0.116. The van der Waals surface area contributed by atoms with Crippen LogP contribution in [-0.2, 0) is 4.79 Å². The maximum atomic E-state index is 11.8. The summed E-state index contributed by atoms with van der Waals surface area (Å²) < 4.78 is 5.74. The smallest absolute Gasteiger partial charge is 0.225 e. The molecule has 1 aliphatic carbocycles. The molecule has 0 spiro atoms. The van der Waals surface area contributed by atoms with E-state index in [2.05, 4.69) is 17.6 Å². The van der Waals surface area contributed by atoms with E-state index in [-0.39, 0.29) is 12.0 Å². The van der Waals surface area contributed by atoms with Gasteiger partial charge in [-0.3, -0.25) is 4.79 Å².